The molecule has 2 heterocycles. The van der Waals surface area contributed by atoms with Crippen molar-refractivity contribution in [2.75, 3.05) is 53.5 Å². The summed E-state index contributed by atoms with van der Waals surface area (Å²) in [6, 6.07) is 0. The van der Waals surface area contributed by atoms with Crippen molar-refractivity contribution in [3.63, 3.8) is 0 Å². The summed E-state index contributed by atoms with van der Waals surface area (Å²) in [6.07, 6.45) is 3.85. The van der Waals surface area contributed by atoms with Crippen LogP contribution in [0.3, 0.4) is 0 Å². The van der Waals surface area contributed by atoms with Gasteiger partial charge in [-0.05, 0) is 45.6 Å². The molecule has 0 bridgehead atoms. The lowest BCUT2D eigenvalue weighted by Crippen LogP contribution is -2.56. The van der Waals surface area contributed by atoms with Crippen LogP contribution in [-0.2, 0) is 4.74 Å². The summed E-state index contributed by atoms with van der Waals surface area (Å²) in [5, 5.41) is 3.59. The highest BCUT2D eigenvalue weighted by Crippen LogP contribution is 2.23. The molecule has 1 N–H and O–H groups in total. The second-order valence-corrected chi connectivity index (χ2v) is 8.02. The van der Waals surface area contributed by atoms with Gasteiger partial charge >= 0.3 is 0 Å². The van der Waals surface area contributed by atoms with Crippen LogP contribution in [0.5, 0.6) is 0 Å². The van der Waals surface area contributed by atoms with E-state index in [1.54, 1.807) is 0 Å². The molecule has 24 heavy (non-hydrogen) atoms. The van der Waals surface area contributed by atoms with E-state index in [1.165, 1.54) is 32.4 Å². The van der Waals surface area contributed by atoms with Crippen LogP contribution in [0.1, 0.15) is 40.0 Å². The number of piperidine rings is 1. The summed E-state index contributed by atoms with van der Waals surface area (Å²) in [5.41, 5.74) is 0.155. The molecule has 0 aromatic heterocycles. The SMILES string of the molecule is CN=C(NCC(C)(C)N1CCCC(C)C1)N(C)CC1CCOC1.I. The fourth-order valence-corrected chi connectivity index (χ4v) is 3.73. The van der Waals surface area contributed by atoms with E-state index in [9.17, 15) is 0 Å². The highest BCUT2D eigenvalue weighted by molar-refractivity contribution is 14.0. The molecule has 5 nitrogen and oxygen atoms in total. The summed E-state index contributed by atoms with van der Waals surface area (Å²) in [7, 11) is 4.00. The molecule has 0 aliphatic carbocycles. The first kappa shape index (κ1) is 22.0. The van der Waals surface area contributed by atoms with Gasteiger partial charge in [0.05, 0.1) is 6.61 Å². The van der Waals surface area contributed by atoms with E-state index in [1.807, 2.05) is 7.05 Å². The first-order valence-corrected chi connectivity index (χ1v) is 9.17. The summed E-state index contributed by atoms with van der Waals surface area (Å²) in [4.78, 5) is 9.34. The zero-order valence-corrected chi connectivity index (χ0v) is 18.5. The molecule has 0 aromatic carbocycles. The number of rotatable bonds is 5. The van der Waals surface area contributed by atoms with E-state index in [0.29, 0.717) is 5.92 Å². The predicted molar refractivity (Wildman–Crippen MR) is 112 cm³/mol. The molecule has 6 heteroatoms. The quantitative estimate of drug-likeness (QED) is 0.396. The Kier molecular flexibility index (Phi) is 9.30. The van der Waals surface area contributed by atoms with Gasteiger partial charge in [-0.3, -0.25) is 9.89 Å². The van der Waals surface area contributed by atoms with E-state index >= 15 is 0 Å². The van der Waals surface area contributed by atoms with Gasteiger partial charge in [0, 0.05) is 51.8 Å². The minimum atomic E-state index is 0. The average molecular weight is 452 g/mol. The molecule has 2 aliphatic rings. The molecule has 0 radical (unpaired) electrons. The third-order valence-corrected chi connectivity index (χ3v) is 5.32. The molecule has 0 aromatic rings. The summed E-state index contributed by atoms with van der Waals surface area (Å²) >= 11 is 0. The van der Waals surface area contributed by atoms with Crippen LogP contribution >= 0.6 is 24.0 Å². The molecule has 2 unspecified atom stereocenters. The van der Waals surface area contributed by atoms with Gasteiger partial charge in [0.25, 0.3) is 0 Å². The van der Waals surface area contributed by atoms with Crippen molar-refractivity contribution < 1.29 is 4.74 Å². The van der Waals surface area contributed by atoms with E-state index in [0.717, 1.165) is 38.2 Å². The van der Waals surface area contributed by atoms with Gasteiger partial charge < -0.3 is 15.0 Å². The first-order valence-electron chi connectivity index (χ1n) is 9.17. The van der Waals surface area contributed by atoms with E-state index in [2.05, 4.69) is 47.9 Å². The van der Waals surface area contributed by atoms with Crippen molar-refractivity contribution in [3.05, 3.63) is 0 Å². The lowest BCUT2D eigenvalue weighted by molar-refractivity contribution is 0.0735. The van der Waals surface area contributed by atoms with Crippen LogP contribution < -0.4 is 5.32 Å². The minimum absolute atomic E-state index is 0. The Morgan fingerprint density at radius 1 is 1.38 bits per heavy atom. The van der Waals surface area contributed by atoms with Gasteiger partial charge in [-0.2, -0.15) is 0 Å². The van der Waals surface area contributed by atoms with Crippen molar-refractivity contribution >= 4 is 29.9 Å². The van der Waals surface area contributed by atoms with Gasteiger partial charge in [-0.15, -0.1) is 24.0 Å². The average Bonchev–Trinajstić information content (AvgIpc) is 3.00. The molecule has 0 saturated carbocycles. The number of hydrogen-bond acceptors (Lipinski definition) is 3. The molecule has 2 saturated heterocycles. The number of nitrogens with zero attached hydrogens (tertiary/aromatic N) is 3. The Balaban J connectivity index is 0.00000288. The van der Waals surface area contributed by atoms with Crippen molar-refractivity contribution in [2.45, 2.75) is 45.6 Å². The van der Waals surface area contributed by atoms with Crippen LogP contribution in [0.25, 0.3) is 0 Å². The third kappa shape index (κ3) is 6.33. The number of ether oxygens (including phenoxy) is 1. The summed E-state index contributed by atoms with van der Waals surface area (Å²) in [6.45, 7) is 13.2. The van der Waals surface area contributed by atoms with Crippen molar-refractivity contribution in [1.82, 2.24) is 15.1 Å². The van der Waals surface area contributed by atoms with Gasteiger partial charge in [0.1, 0.15) is 0 Å². The molecule has 142 valence electrons. The van der Waals surface area contributed by atoms with Crippen LogP contribution in [0.15, 0.2) is 4.99 Å². The number of likely N-dealkylation sites (tertiary alicyclic amines) is 1. The van der Waals surface area contributed by atoms with Crippen molar-refractivity contribution in [2.24, 2.45) is 16.8 Å². The van der Waals surface area contributed by atoms with Gasteiger partial charge in [-0.25, -0.2) is 0 Å². The summed E-state index contributed by atoms with van der Waals surface area (Å²) in [5.74, 6) is 2.44. The number of halogens is 1. The van der Waals surface area contributed by atoms with Crippen molar-refractivity contribution in [3.8, 4) is 0 Å². The number of hydrogen-bond donors (Lipinski definition) is 1. The number of aliphatic imine (C=N–C) groups is 1. The Morgan fingerprint density at radius 2 is 2.12 bits per heavy atom. The maximum atomic E-state index is 5.48. The van der Waals surface area contributed by atoms with E-state index in [4.69, 9.17) is 4.74 Å². The van der Waals surface area contributed by atoms with Gasteiger partial charge in [0.15, 0.2) is 5.96 Å². The highest BCUT2D eigenvalue weighted by Gasteiger charge is 2.30. The van der Waals surface area contributed by atoms with Crippen LogP contribution in [-0.4, -0.2) is 74.8 Å². The zero-order chi connectivity index (χ0) is 16.9. The smallest absolute Gasteiger partial charge is 0.193 e. The van der Waals surface area contributed by atoms with Crippen molar-refractivity contribution in [1.29, 1.82) is 0 Å². The largest absolute Gasteiger partial charge is 0.381 e. The standard InChI is InChI=1S/C18H36N4O.HI/c1-15-7-6-9-22(11-15)18(2,3)14-20-17(19-4)21(5)12-16-8-10-23-13-16;/h15-16H,6-14H2,1-5H3,(H,19,20);1H. The molecule has 2 fully saturated rings. The lowest BCUT2D eigenvalue weighted by Gasteiger charge is -2.43. The fraction of sp³-hybridized carbons (Fsp3) is 0.944. The molecule has 0 spiro atoms. The molecule has 2 atom stereocenters. The van der Waals surface area contributed by atoms with Crippen LogP contribution in [0, 0.1) is 11.8 Å². The molecular formula is C18H37IN4O. The number of nitrogens with one attached hydrogen (secondary N) is 1. The topological polar surface area (TPSA) is 40.1 Å². The second kappa shape index (κ2) is 10.2. The molecular weight excluding hydrogens is 415 g/mol. The second-order valence-electron chi connectivity index (χ2n) is 8.02. The molecule has 0 amide bonds. The third-order valence-electron chi connectivity index (χ3n) is 5.32. The van der Waals surface area contributed by atoms with Crippen LogP contribution in [0.2, 0.25) is 0 Å². The van der Waals surface area contributed by atoms with Crippen LogP contribution in [0.4, 0.5) is 0 Å². The Morgan fingerprint density at radius 3 is 2.71 bits per heavy atom. The monoisotopic (exact) mass is 452 g/mol. The molecule has 2 aliphatic heterocycles. The van der Waals surface area contributed by atoms with E-state index < -0.39 is 0 Å². The minimum Gasteiger partial charge on any atom is -0.381 e. The maximum Gasteiger partial charge on any atom is 0.193 e. The summed E-state index contributed by atoms with van der Waals surface area (Å²) < 4.78 is 5.48. The Hall–Kier alpha value is -0.0800. The lowest BCUT2D eigenvalue weighted by atomic mass is 9.93. The Labute approximate surface area is 165 Å². The predicted octanol–water partition coefficient (Wildman–Crippen LogP) is 2.66. The van der Waals surface area contributed by atoms with E-state index in [-0.39, 0.29) is 29.5 Å². The van der Waals surface area contributed by atoms with Gasteiger partial charge in [0.2, 0.25) is 0 Å². The Bertz CT molecular complexity index is 396. The zero-order valence-electron chi connectivity index (χ0n) is 16.2. The van der Waals surface area contributed by atoms with Gasteiger partial charge in [-0.1, -0.05) is 6.92 Å². The fourth-order valence-electron chi connectivity index (χ4n) is 3.73. The highest BCUT2D eigenvalue weighted by atomic mass is 127. The number of guanidine groups is 1. The maximum absolute atomic E-state index is 5.48. The normalized spacial score (nSPS) is 26.1. The first-order chi connectivity index (χ1) is 10.9. The molecule has 2 rings (SSSR count).